The van der Waals surface area contributed by atoms with Crippen LogP contribution in [0.3, 0.4) is 0 Å². The zero-order chi connectivity index (χ0) is 27.9. The van der Waals surface area contributed by atoms with E-state index in [9.17, 15) is 25.2 Å². The smallest absolute Gasteiger partial charge is 0.331 e. The van der Waals surface area contributed by atoms with Crippen LogP contribution >= 0.6 is 0 Å². The third-order valence-electron chi connectivity index (χ3n) is 12.3. The summed E-state index contributed by atoms with van der Waals surface area (Å²) in [6.45, 7) is 6.48. The first kappa shape index (κ1) is 28.1. The molecule has 9 heteroatoms. The molecule has 220 valence electrons. The van der Waals surface area contributed by atoms with Crippen LogP contribution in [0.25, 0.3) is 0 Å². The largest absolute Gasteiger partial charge is 0.458 e. The molecule has 4 N–H and O–H groups in total. The molecule has 0 bridgehead atoms. The number of cyclic esters (lactones) is 1. The van der Waals surface area contributed by atoms with E-state index in [1.165, 1.54) is 13.2 Å². The van der Waals surface area contributed by atoms with Gasteiger partial charge in [-0.1, -0.05) is 13.8 Å². The van der Waals surface area contributed by atoms with Crippen LogP contribution < -0.4 is 0 Å². The predicted octanol–water partition coefficient (Wildman–Crippen LogP) is 2.08. The van der Waals surface area contributed by atoms with E-state index in [1.54, 1.807) is 6.92 Å². The van der Waals surface area contributed by atoms with Gasteiger partial charge >= 0.3 is 5.97 Å². The molecular formula is C30H46O9. The molecule has 0 amide bonds. The number of rotatable bonds is 4. The highest BCUT2D eigenvalue weighted by Gasteiger charge is 2.70. The van der Waals surface area contributed by atoms with Crippen molar-refractivity contribution in [3.63, 3.8) is 0 Å². The highest BCUT2D eigenvalue weighted by molar-refractivity contribution is 5.85. The number of esters is 1. The van der Waals surface area contributed by atoms with Gasteiger partial charge in [0.05, 0.1) is 23.9 Å². The summed E-state index contributed by atoms with van der Waals surface area (Å²) >= 11 is 0. The lowest BCUT2D eigenvalue weighted by Crippen LogP contribution is -2.62. The minimum atomic E-state index is -1.06. The molecule has 0 aromatic rings. The molecule has 2 aliphatic heterocycles. The molecule has 0 spiro atoms. The van der Waals surface area contributed by atoms with Crippen molar-refractivity contribution in [2.45, 2.75) is 121 Å². The zero-order valence-corrected chi connectivity index (χ0v) is 23.6. The van der Waals surface area contributed by atoms with E-state index in [4.69, 9.17) is 18.9 Å². The second-order valence-corrected chi connectivity index (χ2v) is 13.9. The summed E-state index contributed by atoms with van der Waals surface area (Å²) in [7, 11) is 1.48. The molecule has 0 radical (unpaired) electrons. The average Bonchev–Trinajstić information content (AvgIpc) is 3.39. The van der Waals surface area contributed by atoms with Crippen molar-refractivity contribution in [3.8, 4) is 0 Å². The fourth-order valence-electron chi connectivity index (χ4n) is 10.2. The van der Waals surface area contributed by atoms with Gasteiger partial charge < -0.3 is 39.4 Å². The van der Waals surface area contributed by atoms with Crippen LogP contribution in [0.15, 0.2) is 11.6 Å². The Balaban J connectivity index is 1.17. The molecule has 5 fully saturated rings. The Hall–Kier alpha value is -1.07. The van der Waals surface area contributed by atoms with Crippen LogP contribution in [0.2, 0.25) is 0 Å². The van der Waals surface area contributed by atoms with Gasteiger partial charge in [0.25, 0.3) is 0 Å². The first-order valence-electron chi connectivity index (χ1n) is 14.9. The molecular weight excluding hydrogens is 504 g/mol. The fourth-order valence-corrected chi connectivity index (χ4v) is 10.2. The zero-order valence-electron chi connectivity index (χ0n) is 23.6. The van der Waals surface area contributed by atoms with E-state index in [2.05, 4.69) is 13.8 Å². The Kier molecular flexibility index (Phi) is 7.02. The number of hydrogen-bond acceptors (Lipinski definition) is 9. The summed E-state index contributed by atoms with van der Waals surface area (Å²) in [5.41, 5.74) is -0.601. The number of carbonyl (C=O) groups excluding carboxylic acids is 1. The van der Waals surface area contributed by atoms with Crippen molar-refractivity contribution in [1.29, 1.82) is 0 Å². The van der Waals surface area contributed by atoms with E-state index in [-0.39, 0.29) is 35.9 Å². The molecule has 39 heavy (non-hydrogen) atoms. The summed E-state index contributed by atoms with van der Waals surface area (Å²) in [6, 6.07) is 0. The summed E-state index contributed by atoms with van der Waals surface area (Å²) in [6.07, 6.45) is 3.40. The van der Waals surface area contributed by atoms with Crippen LogP contribution in [0.1, 0.15) is 72.1 Å². The van der Waals surface area contributed by atoms with Gasteiger partial charge in [-0.2, -0.15) is 0 Å². The van der Waals surface area contributed by atoms with Gasteiger partial charge in [-0.05, 0) is 80.6 Å². The summed E-state index contributed by atoms with van der Waals surface area (Å²) < 4.78 is 22.7. The lowest BCUT2D eigenvalue weighted by Gasteiger charge is -2.63. The van der Waals surface area contributed by atoms with E-state index in [0.717, 1.165) is 50.5 Å². The highest BCUT2D eigenvalue weighted by atomic mass is 16.7. The molecule has 4 saturated carbocycles. The van der Waals surface area contributed by atoms with Crippen molar-refractivity contribution in [2.24, 2.45) is 34.5 Å². The molecule has 9 nitrogen and oxygen atoms in total. The molecule has 4 aliphatic carbocycles. The quantitative estimate of drug-likeness (QED) is 0.307. The Morgan fingerprint density at radius 2 is 1.79 bits per heavy atom. The highest BCUT2D eigenvalue weighted by Crippen LogP contribution is 2.70. The van der Waals surface area contributed by atoms with Gasteiger partial charge in [0.1, 0.15) is 24.9 Å². The standard InChI is InChI=1S/C30H46O9/c1-15-24(33)26(36-4)25(34)27(38-15)39-18-7-9-28(2)17(12-18)5-6-20-19(28)8-10-29(3)23(16-11-22(32)37-14-16)21(31)13-30(20,29)35/h11,15,17-21,23-27,31,33-35H,5-10,12-14H2,1-4H3/t15?,17-,18-,19?,20?,21?,23+,24+,25?,26?,27+,28+,29-,30+/m1/s1. The van der Waals surface area contributed by atoms with Gasteiger partial charge in [-0.3, -0.25) is 0 Å². The Bertz CT molecular complexity index is 1000. The molecule has 0 aromatic heterocycles. The van der Waals surface area contributed by atoms with Gasteiger partial charge in [0.2, 0.25) is 0 Å². The van der Waals surface area contributed by atoms with Crippen molar-refractivity contribution < 1.29 is 44.2 Å². The summed E-state index contributed by atoms with van der Waals surface area (Å²) in [5.74, 6) is 0.260. The Morgan fingerprint density at radius 3 is 2.49 bits per heavy atom. The normalized spacial score (nSPS) is 55.3. The van der Waals surface area contributed by atoms with E-state index < -0.39 is 47.8 Å². The third-order valence-corrected chi connectivity index (χ3v) is 12.3. The SMILES string of the molecule is COC1C(O)[C@H](O[C@@H]2CC[C@]3(C)C4CC[C@]5(C)[C@@H](C6=CC(=O)OC6)C(O)C[C@]5(O)C4CC[C@@H]3C2)OC(C)[C@@H]1O. The first-order valence-corrected chi connectivity index (χ1v) is 14.9. The van der Waals surface area contributed by atoms with E-state index >= 15 is 0 Å². The third kappa shape index (κ3) is 4.09. The topological polar surface area (TPSA) is 135 Å². The number of aliphatic hydroxyl groups is 4. The number of carbonyl (C=O) groups is 1. The minimum Gasteiger partial charge on any atom is -0.458 e. The Morgan fingerprint density at radius 1 is 1.03 bits per heavy atom. The van der Waals surface area contributed by atoms with Gasteiger partial charge in [-0.25, -0.2) is 4.79 Å². The fraction of sp³-hybridized carbons (Fsp3) is 0.900. The lowest BCUT2D eigenvalue weighted by atomic mass is 9.43. The van der Waals surface area contributed by atoms with Crippen LogP contribution in [0, 0.1) is 34.5 Å². The Labute approximate surface area is 230 Å². The second kappa shape index (κ2) is 9.75. The van der Waals surface area contributed by atoms with Crippen LogP contribution in [-0.2, 0) is 23.7 Å². The number of aliphatic hydroxyl groups excluding tert-OH is 3. The molecule has 6 rings (SSSR count). The van der Waals surface area contributed by atoms with Gasteiger partial charge in [0, 0.05) is 30.9 Å². The van der Waals surface area contributed by atoms with Crippen molar-refractivity contribution in [1.82, 2.24) is 0 Å². The van der Waals surface area contributed by atoms with Crippen LogP contribution in [0.5, 0.6) is 0 Å². The lowest BCUT2D eigenvalue weighted by molar-refractivity contribution is -0.313. The van der Waals surface area contributed by atoms with Gasteiger partial charge in [0.15, 0.2) is 6.29 Å². The van der Waals surface area contributed by atoms with E-state index in [1.807, 2.05) is 0 Å². The first-order chi connectivity index (χ1) is 18.4. The number of methoxy groups -OCH3 is 1. The predicted molar refractivity (Wildman–Crippen MR) is 139 cm³/mol. The summed E-state index contributed by atoms with van der Waals surface area (Å²) in [5, 5.41) is 44.7. The van der Waals surface area contributed by atoms with Crippen molar-refractivity contribution in [3.05, 3.63) is 11.6 Å². The minimum absolute atomic E-state index is 0.0547. The summed E-state index contributed by atoms with van der Waals surface area (Å²) in [4.78, 5) is 11.8. The molecule has 14 atom stereocenters. The maximum atomic E-state index is 12.4. The number of fused-ring (bicyclic) bond motifs is 5. The average molecular weight is 551 g/mol. The van der Waals surface area contributed by atoms with Crippen molar-refractivity contribution >= 4 is 5.97 Å². The second-order valence-electron chi connectivity index (χ2n) is 13.9. The molecule has 1 saturated heterocycles. The van der Waals surface area contributed by atoms with Crippen LogP contribution in [0.4, 0.5) is 0 Å². The number of ether oxygens (including phenoxy) is 4. The molecule has 6 aliphatic rings. The van der Waals surface area contributed by atoms with E-state index in [0.29, 0.717) is 18.3 Å². The maximum absolute atomic E-state index is 12.4. The molecule has 6 unspecified atom stereocenters. The monoisotopic (exact) mass is 550 g/mol. The molecule has 0 aromatic carbocycles. The molecule has 2 heterocycles. The van der Waals surface area contributed by atoms with Gasteiger partial charge in [-0.15, -0.1) is 0 Å². The van der Waals surface area contributed by atoms with Crippen LogP contribution in [-0.4, -0.2) is 88.6 Å². The number of hydrogen-bond donors (Lipinski definition) is 4. The van der Waals surface area contributed by atoms with Crippen molar-refractivity contribution in [2.75, 3.05) is 13.7 Å². The maximum Gasteiger partial charge on any atom is 0.331 e.